The average molecular weight is 423 g/mol. The van der Waals surface area contributed by atoms with Gasteiger partial charge in [0.15, 0.2) is 0 Å². The van der Waals surface area contributed by atoms with Crippen LogP contribution in [0.4, 0.5) is 0 Å². The van der Waals surface area contributed by atoms with Crippen molar-refractivity contribution in [3.05, 3.63) is 30.5 Å². The first-order chi connectivity index (χ1) is 11.2. The van der Waals surface area contributed by atoms with Crippen molar-refractivity contribution in [1.82, 2.24) is 4.98 Å². The number of aliphatic hydroxyl groups excluding tert-OH is 2. The molecule has 1 fully saturated rings. The summed E-state index contributed by atoms with van der Waals surface area (Å²) < 4.78 is 8.06. The molecule has 0 unspecified atom stereocenters. The van der Waals surface area contributed by atoms with E-state index in [1.807, 2.05) is 0 Å². The predicted molar refractivity (Wildman–Crippen MR) is 85.9 cm³/mol. The van der Waals surface area contributed by atoms with Crippen LogP contribution in [0.25, 0.3) is 10.9 Å². The molecule has 10 heteroatoms. The third kappa shape index (κ3) is 2.48. The fraction of sp³-hybridized carbons (Fsp3) is 0.357. The molecule has 1 aromatic heterocycles. The van der Waals surface area contributed by atoms with E-state index in [2.05, 4.69) is 20.9 Å². The molecule has 0 radical (unpaired) electrons. The van der Waals surface area contributed by atoms with Gasteiger partial charge in [-0.3, -0.25) is 0 Å². The Balaban J connectivity index is 1.95. The number of carbonyl (C=O) groups is 1. The number of carboxylic acid groups (broad SMARTS) is 1. The van der Waals surface area contributed by atoms with Crippen LogP contribution < -0.4 is 4.74 Å². The maximum atomic E-state index is 11.4. The summed E-state index contributed by atoms with van der Waals surface area (Å²) in [5, 5.41) is 37.3. The number of aromatic amines is 1. The van der Waals surface area contributed by atoms with Gasteiger partial charge in [0.05, 0.1) is 0 Å². The molecule has 1 aliphatic heterocycles. The Morgan fingerprint density at radius 3 is 2.71 bits per heavy atom. The number of nitrogens with one attached hydrogen (secondary N) is 1. The predicted octanol–water partition coefficient (Wildman–Crippen LogP) is 0.728. The number of halogens is 2. The SMILES string of the molecule is O=C(O)[C@@]1(Br)O[C@@H](Oc2c[nH]c3ccccc23)[C@H](O)[C@@H](O)[C@@]1(O)Cl. The number of aromatic nitrogens is 1. The topological polar surface area (TPSA) is 132 Å². The van der Waals surface area contributed by atoms with Gasteiger partial charge in [0, 0.05) is 17.1 Å². The molecule has 0 bridgehead atoms. The number of alkyl halides is 2. The zero-order valence-corrected chi connectivity index (χ0v) is 14.2. The van der Waals surface area contributed by atoms with Crippen molar-refractivity contribution in [3.8, 4) is 5.75 Å². The number of fused-ring (bicyclic) bond motifs is 1. The first-order valence-electron chi connectivity index (χ1n) is 6.79. The van der Waals surface area contributed by atoms with E-state index in [-0.39, 0.29) is 5.75 Å². The van der Waals surface area contributed by atoms with Crippen LogP contribution in [-0.2, 0) is 9.53 Å². The summed E-state index contributed by atoms with van der Waals surface area (Å²) in [6.45, 7) is 0. The third-order valence-corrected chi connectivity index (χ3v) is 5.64. The van der Waals surface area contributed by atoms with Gasteiger partial charge in [-0.2, -0.15) is 0 Å². The molecule has 5 atom stereocenters. The van der Waals surface area contributed by atoms with E-state index in [1.165, 1.54) is 6.20 Å². The largest absolute Gasteiger partial charge is 0.478 e. The second-order valence-electron chi connectivity index (χ2n) is 5.31. The Hall–Kier alpha value is -1.36. The smallest absolute Gasteiger partial charge is 0.352 e. The summed E-state index contributed by atoms with van der Waals surface area (Å²) in [5.41, 5.74) is 0.746. The summed E-state index contributed by atoms with van der Waals surface area (Å²) in [7, 11) is 0. The van der Waals surface area contributed by atoms with Crippen molar-refractivity contribution >= 4 is 44.4 Å². The molecule has 0 aliphatic carbocycles. The number of carboxylic acids is 1. The highest BCUT2D eigenvalue weighted by Crippen LogP contribution is 2.46. The van der Waals surface area contributed by atoms with Gasteiger partial charge in [-0.05, 0) is 28.1 Å². The number of aliphatic hydroxyl groups is 3. The summed E-state index contributed by atoms with van der Waals surface area (Å²) in [6, 6.07) is 7.10. The molecule has 130 valence electrons. The maximum Gasteiger partial charge on any atom is 0.352 e. The number of hydrogen-bond acceptors (Lipinski definition) is 6. The van der Waals surface area contributed by atoms with Gasteiger partial charge in [0.1, 0.15) is 18.0 Å². The minimum atomic E-state index is -2.82. The Bertz CT molecular complexity index is 781. The van der Waals surface area contributed by atoms with E-state index in [9.17, 15) is 25.2 Å². The summed E-state index contributed by atoms with van der Waals surface area (Å²) in [6.07, 6.45) is -3.97. The van der Waals surface area contributed by atoms with Crippen LogP contribution >= 0.6 is 27.5 Å². The highest BCUT2D eigenvalue weighted by atomic mass is 79.9. The van der Waals surface area contributed by atoms with Gasteiger partial charge in [-0.15, -0.1) is 0 Å². The molecule has 24 heavy (non-hydrogen) atoms. The number of rotatable bonds is 3. The number of para-hydroxylation sites is 1. The van der Waals surface area contributed by atoms with Gasteiger partial charge >= 0.3 is 5.97 Å². The van der Waals surface area contributed by atoms with Gasteiger partial charge in [0.2, 0.25) is 11.4 Å². The average Bonchev–Trinajstić information content (AvgIpc) is 2.94. The first kappa shape index (κ1) is 17.5. The quantitative estimate of drug-likeness (QED) is 0.461. The number of ether oxygens (including phenoxy) is 2. The maximum absolute atomic E-state index is 11.4. The molecule has 8 nitrogen and oxygen atoms in total. The lowest BCUT2D eigenvalue weighted by Gasteiger charge is -2.47. The van der Waals surface area contributed by atoms with Crippen molar-refractivity contribution in [2.24, 2.45) is 0 Å². The van der Waals surface area contributed by atoms with Crippen molar-refractivity contribution in [1.29, 1.82) is 0 Å². The fourth-order valence-corrected chi connectivity index (χ4v) is 3.11. The zero-order valence-electron chi connectivity index (χ0n) is 11.9. The van der Waals surface area contributed by atoms with Crippen molar-refractivity contribution < 1.29 is 34.7 Å². The number of benzene rings is 1. The van der Waals surface area contributed by atoms with Gasteiger partial charge < -0.3 is 34.9 Å². The second kappa shape index (κ2) is 5.87. The molecule has 1 aromatic carbocycles. The van der Waals surface area contributed by atoms with E-state index in [0.717, 1.165) is 5.52 Å². The Morgan fingerprint density at radius 2 is 2.04 bits per heavy atom. The lowest BCUT2D eigenvalue weighted by atomic mass is 9.98. The van der Waals surface area contributed by atoms with E-state index in [1.54, 1.807) is 24.3 Å². The van der Waals surface area contributed by atoms with Crippen LogP contribution in [0.15, 0.2) is 30.5 Å². The third-order valence-electron chi connectivity index (χ3n) is 3.79. The lowest BCUT2D eigenvalue weighted by Crippen LogP contribution is -2.71. The van der Waals surface area contributed by atoms with E-state index in [0.29, 0.717) is 5.39 Å². The van der Waals surface area contributed by atoms with Crippen LogP contribution in [0.5, 0.6) is 5.75 Å². The van der Waals surface area contributed by atoms with E-state index in [4.69, 9.17) is 21.1 Å². The molecule has 0 saturated carbocycles. The minimum Gasteiger partial charge on any atom is -0.478 e. The molecule has 1 aliphatic rings. The monoisotopic (exact) mass is 421 g/mol. The van der Waals surface area contributed by atoms with Crippen LogP contribution in [0.2, 0.25) is 0 Å². The van der Waals surface area contributed by atoms with E-state index < -0.39 is 34.0 Å². The van der Waals surface area contributed by atoms with Crippen LogP contribution in [0, 0.1) is 0 Å². The summed E-state index contributed by atoms with van der Waals surface area (Å²) in [5.74, 6) is -1.43. The molecule has 0 spiro atoms. The molecular weight excluding hydrogens is 410 g/mol. The van der Waals surface area contributed by atoms with Crippen molar-refractivity contribution in [3.63, 3.8) is 0 Å². The second-order valence-corrected chi connectivity index (χ2v) is 7.00. The van der Waals surface area contributed by atoms with Crippen LogP contribution in [0.1, 0.15) is 0 Å². The molecule has 1 saturated heterocycles. The van der Waals surface area contributed by atoms with Crippen molar-refractivity contribution in [2.45, 2.75) is 28.1 Å². The molecule has 0 amide bonds. The minimum absolute atomic E-state index is 0.266. The molecule has 5 N–H and O–H groups in total. The Kier molecular flexibility index (Phi) is 4.27. The fourth-order valence-electron chi connectivity index (χ4n) is 2.44. The molecule has 2 aromatic rings. The van der Waals surface area contributed by atoms with Crippen molar-refractivity contribution in [2.75, 3.05) is 0 Å². The van der Waals surface area contributed by atoms with E-state index >= 15 is 0 Å². The number of H-pyrrole nitrogens is 1. The normalized spacial score (nSPS) is 36.6. The highest BCUT2D eigenvalue weighted by Gasteiger charge is 2.67. The van der Waals surface area contributed by atoms with Gasteiger partial charge in [-0.25, -0.2) is 4.79 Å². The summed E-state index contributed by atoms with van der Waals surface area (Å²) >= 11 is 8.37. The van der Waals surface area contributed by atoms with Gasteiger partial charge in [0.25, 0.3) is 4.51 Å². The standard InChI is InChI=1S/C14H13BrClNO7/c15-13(12(20)21)14(16,22)10(19)9(18)11(24-13)23-8-5-17-7-4-2-1-3-6(7)8/h1-5,9-11,17-19,22H,(H,20,21)/t9-,10-,11-,13-,14+/m1/s1. The van der Waals surface area contributed by atoms with Crippen LogP contribution in [-0.4, -0.2) is 59.4 Å². The van der Waals surface area contributed by atoms with Gasteiger partial charge in [-0.1, -0.05) is 23.7 Å². The highest BCUT2D eigenvalue weighted by molar-refractivity contribution is 9.10. The number of hydrogen-bond donors (Lipinski definition) is 5. The Labute approximate surface area is 148 Å². The molecule has 2 heterocycles. The summed E-state index contributed by atoms with van der Waals surface area (Å²) in [4.78, 5) is 14.4. The molecule has 3 rings (SSSR count). The Morgan fingerprint density at radius 1 is 1.38 bits per heavy atom. The van der Waals surface area contributed by atoms with Crippen LogP contribution in [0.3, 0.4) is 0 Å². The molecular formula is C14H13BrClNO7. The zero-order chi connectivity index (χ0) is 17.7. The first-order valence-corrected chi connectivity index (χ1v) is 7.96. The lowest BCUT2D eigenvalue weighted by molar-refractivity contribution is -0.291. The number of aliphatic carboxylic acids is 1.